The average Bonchev–Trinajstić information content (AvgIpc) is 2.99. The van der Waals surface area contributed by atoms with Crippen LogP contribution in [0, 0.1) is 6.92 Å². The van der Waals surface area contributed by atoms with Gasteiger partial charge in [0.15, 0.2) is 5.69 Å². The summed E-state index contributed by atoms with van der Waals surface area (Å²) < 4.78 is 30.3. The molecule has 2 aromatic rings. The van der Waals surface area contributed by atoms with Crippen LogP contribution < -0.4 is 10.1 Å². The van der Waals surface area contributed by atoms with Gasteiger partial charge in [-0.1, -0.05) is 0 Å². The van der Waals surface area contributed by atoms with E-state index in [4.69, 9.17) is 4.74 Å². The molecule has 1 aliphatic rings. The van der Waals surface area contributed by atoms with Gasteiger partial charge in [-0.25, -0.2) is 8.78 Å². The Hall–Kier alpha value is -2.58. The first kappa shape index (κ1) is 16.8. The van der Waals surface area contributed by atoms with E-state index in [0.717, 1.165) is 5.69 Å². The number of amides is 1. The van der Waals surface area contributed by atoms with E-state index in [2.05, 4.69) is 25.7 Å². The predicted molar refractivity (Wildman–Crippen MR) is 77.3 cm³/mol. The third kappa shape index (κ3) is 4.97. The quantitative estimate of drug-likeness (QED) is 0.896. The van der Waals surface area contributed by atoms with Crippen LogP contribution in [-0.4, -0.2) is 45.4 Å². The smallest absolute Gasteiger partial charge is 0.273 e. The van der Waals surface area contributed by atoms with Gasteiger partial charge in [0.25, 0.3) is 11.8 Å². The van der Waals surface area contributed by atoms with Crippen LogP contribution in [0.3, 0.4) is 0 Å². The van der Waals surface area contributed by atoms with Crippen molar-refractivity contribution in [1.29, 1.82) is 0 Å². The fraction of sp³-hybridized carbons (Fsp3) is 0.429. The summed E-state index contributed by atoms with van der Waals surface area (Å²) in [5, 5.41) is 11.7. The van der Waals surface area contributed by atoms with Gasteiger partial charge in [-0.05, 0) is 13.0 Å². The molecular weight excluding hydrogens is 308 g/mol. The normalized spacial score (nSPS) is 15.8. The van der Waals surface area contributed by atoms with Crippen molar-refractivity contribution in [3.63, 3.8) is 0 Å². The third-order valence-corrected chi connectivity index (χ3v) is 3.10. The second-order valence-corrected chi connectivity index (χ2v) is 5.07. The molecule has 1 fully saturated rings. The minimum atomic E-state index is -2.52. The summed E-state index contributed by atoms with van der Waals surface area (Å²) in [6.07, 6.45) is 2.29. The van der Waals surface area contributed by atoms with Crippen LogP contribution in [0.15, 0.2) is 24.5 Å². The largest absolute Gasteiger partial charge is 0.490 e. The maximum atomic E-state index is 12.5. The van der Waals surface area contributed by atoms with Crippen LogP contribution in [0.1, 0.15) is 29.0 Å². The maximum absolute atomic E-state index is 12.5. The van der Waals surface area contributed by atoms with Crippen molar-refractivity contribution in [3.05, 3.63) is 35.9 Å². The predicted octanol–water partition coefficient (Wildman–Crippen LogP) is 1.73. The molecule has 124 valence electrons. The van der Waals surface area contributed by atoms with Crippen molar-refractivity contribution >= 4 is 5.91 Å². The zero-order chi connectivity index (χ0) is 16.9. The lowest BCUT2D eigenvalue weighted by atomic mass is 9.91. The molecule has 7 nitrogen and oxygen atoms in total. The number of pyridine rings is 1. The number of nitrogens with zero attached hydrogens (tertiary/aromatic N) is 3. The monoisotopic (exact) mass is 325 g/mol. The number of aryl methyl sites for hydroxylation is 1. The first-order valence-electron chi connectivity index (χ1n) is 6.94. The molecule has 0 radical (unpaired) electrons. The Balaban J connectivity index is 0.000000185. The summed E-state index contributed by atoms with van der Waals surface area (Å²) in [5.41, 5.74) is 1.13. The number of carbonyl (C=O) groups is 1. The van der Waals surface area contributed by atoms with E-state index < -0.39 is 5.92 Å². The van der Waals surface area contributed by atoms with Crippen LogP contribution in [0.2, 0.25) is 0 Å². The Kier molecular flexibility index (Phi) is 5.20. The minimum Gasteiger partial charge on any atom is -0.490 e. The van der Waals surface area contributed by atoms with E-state index in [1.54, 1.807) is 18.3 Å². The van der Waals surface area contributed by atoms with Gasteiger partial charge in [-0.2, -0.15) is 15.4 Å². The fourth-order valence-electron chi connectivity index (χ4n) is 1.91. The zero-order valence-electron chi connectivity index (χ0n) is 12.7. The number of nitrogens with one attached hydrogen (secondary N) is 2. The number of aromatic nitrogens is 4. The number of aromatic amines is 1. The minimum absolute atomic E-state index is 0.172. The van der Waals surface area contributed by atoms with Gasteiger partial charge in [0.1, 0.15) is 11.9 Å². The Morgan fingerprint density at radius 3 is 2.74 bits per heavy atom. The first-order chi connectivity index (χ1) is 10.9. The molecule has 1 amide bonds. The summed E-state index contributed by atoms with van der Waals surface area (Å²) in [6.45, 7) is 1.84. The second kappa shape index (κ2) is 7.12. The summed E-state index contributed by atoms with van der Waals surface area (Å²) >= 11 is 0. The molecule has 3 rings (SSSR count). The van der Waals surface area contributed by atoms with Crippen molar-refractivity contribution in [2.75, 3.05) is 7.05 Å². The molecule has 2 aromatic heterocycles. The van der Waals surface area contributed by atoms with E-state index in [1.165, 1.54) is 13.2 Å². The van der Waals surface area contributed by atoms with Crippen molar-refractivity contribution in [3.8, 4) is 5.75 Å². The van der Waals surface area contributed by atoms with Gasteiger partial charge in [-0.15, -0.1) is 0 Å². The molecule has 0 aromatic carbocycles. The van der Waals surface area contributed by atoms with E-state index >= 15 is 0 Å². The van der Waals surface area contributed by atoms with Gasteiger partial charge in [-0.3, -0.25) is 9.78 Å². The summed E-state index contributed by atoms with van der Waals surface area (Å²) in [4.78, 5) is 14.6. The number of hydrogen-bond acceptors (Lipinski definition) is 5. The maximum Gasteiger partial charge on any atom is 0.273 e. The Morgan fingerprint density at radius 2 is 2.22 bits per heavy atom. The summed E-state index contributed by atoms with van der Waals surface area (Å²) in [5.74, 6) is -2.13. The first-order valence-corrected chi connectivity index (χ1v) is 6.94. The molecule has 0 atom stereocenters. The third-order valence-electron chi connectivity index (χ3n) is 3.10. The van der Waals surface area contributed by atoms with Gasteiger partial charge >= 0.3 is 0 Å². The van der Waals surface area contributed by atoms with Crippen LogP contribution in [0.25, 0.3) is 0 Å². The van der Waals surface area contributed by atoms with Gasteiger partial charge in [0, 0.05) is 37.8 Å². The highest BCUT2D eigenvalue weighted by molar-refractivity contribution is 5.91. The van der Waals surface area contributed by atoms with Gasteiger partial charge in [0.05, 0.1) is 6.20 Å². The second-order valence-electron chi connectivity index (χ2n) is 5.07. The Labute approximate surface area is 131 Å². The molecule has 0 spiro atoms. The molecule has 0 unspecified atom stereocenters. The topological polar surface area (TPSA) is 92.8 Å². The highest BCUT2D eigenvalue weighted by Gasteiger charge is 2.46. The van der Waals surface area contributed by atoms with E-state index in [-0.39, 0.29) is 24.9 Å². The Bertz CT molecular complexity index is 640. The van der Waals surface area contributed by atoms with Crippen LogP contribution >= 0.6 is 0 Å². The lowest BCUT2D eigenvalue weighted by Gasteiger charge is -2.34. The zero-order valence-corrected chi connectivity index (χ0v) is 12.7. The molecule has 9 heteroatoms. The number of carbonyl (C=O) groups excluding carboxylic acids is 1. The van der Waals surface area contributed by atoms with Crippen LogP contribution in [-0.2, 0) is 0 Å². The fourth-order valence-corrected chi connectivity index (χ4v) is 1.91. The molecule has 0 aliphatic heterocycles. The lowest BCUT2D eigenvalue weighted by molar-refractivity contribution is -0.134. The number of H-pyrrole nitrogens is 1. The average molecular weight is 325 g/mol. The number of alkyl halides is 2. The Morgan fingerprint density at radius 1 is 1.48 bits per heavy atom. The highest BCUT2D eigenvalue weighted by Crippen LogP contribution is 2.39. The molecular formula is C14H17F2N5O2. The van der Waals surface area contributed by atoms with E-state index in [0.29, 0.717) is 11.4 Å². The molecule has 1 saturated carbocycles. The summed E-state index contributed by atoms with van der Waals surface area (Å²) in [7, 11) is 1.54. The van der Waals surface area contributed by atoms with Crippen molar-refractivity contribution < 1.29 is 18.3 Å². The van der Waals surface area contributed by atoms with Gasteiger partial charge < -0.3 is 10.1 Å². The standard InChI is InChI=1S/C10H11F2NO.C4H6N4O/c1-7-4-8(2-3-13-7)14-9-5-10(11,12)6-9;1-5-4(9)3-2-6-8-7-3/h2-4,9H,5-6H2,1H3;2H,1H3,(H,5,9)(H,6,7,8). The van der Waals surface area contributed by atoms with Crippen LogP contribution in [0.5, 0.6) is 5.75 Å². The molecule has 2 N–H and O–H groups in total. The molecule has 2 heterocycles. The van der Waals surface area contributed by atoms with Crippen molar-refractivity contribution in [2.45, 2.75) is 31.8 Å². The molecule has 0 saturated heterocycles. The number of ether oxygens (including phenoxy) is 1. The van der Waals surface area contributed by atoms with E-state index in [9.17, 15) is 13.6 Å². The molecule has 0 bridgehead atoms. The van der Waals surface area contributed by atoms with Gasteiger partial charge in [0.2, 0.25) is 0 Å². The number of rotatable bonds is 3. The highest BCUT2D eigenvalue weighted by atomic mass is 19.3. The molecule has 23 heavy (non-hydrogen) atoms. The SMILES string of the molecule is CNC(=O)c1cn[nH]n1.Cc1cc(OC2CC(F)(F)C2)ccn1. The van der Waals surface area contributed by atoms with Crippen molar-refractivity contribution in [1.82, 2.24) is 25.7 Å². The van der Waals surface area contributed by atoms with Crippen molar-refractivity contribution in [2.24, 2.45) is 0 Å². The lowest BCUT2D eigenvalue weighted by Crippen LogP contribution is -2.43. The molecule has 1 aliphatic carbocycles. The number of halogens is 2. The summed E-state index contributed by atoms with van der Waals surface area (Å²) in [6, 6.07) is 3.43. The van der Waals surface area contributed by atoms with E-state index in [1.807, 2.05) is 6.92 Å². The van der Waals surface area contributed by atoms with Crippen LogP contribution in [0.4, 0.5) is 8.78 Å². The number of hydrogen-bond donors (Lipinski definition) is 2.